The minimum Gasteiger partial charge on any atom is -0.490 e. The van der Waals surface area contributed by atoms with E-state index < -0.39 is 10.0 Å². The van der Waals surface area contributed by atoms with Crippen LogP contribution in [0.1, 0.15) is 19.3 Å². The first-order valence-corrected chi connectivity index (χ1v) is 12.8. The van der Waals surface area contributed by atoms with Crippen LogP contribution in [0.2, 0.25) is 0 Å². The quantitative estimate of drug-likeness (QED) is 0.681. The zero-order chi connectivity index (χ0) is 21.8. The van der Waals surface area contributed by atoms with Crippen LogP contribution in [0.5, 0.6) is 11.5 Å². The molecule has 0 bridgehead atoms. The molecule has 31 heavy (non-hydrogen) atoms. The molecule has 4 rings (SSSR count). The van der Waals surface area contributed by atoms with Crippen molar-refractivity contribution >= 4 is 33.4 Å². The van der Waals surface area contributed by atoms with Crippen LogP contribution < -0.4 is 14.8 Å². The van der Waals surface area contributed by atoms with Crippen molar-refractivity contribution in [1.82, 2.24) is 9.29 Å². The second-order valence-corrected chi connectivity index (χ2v) is 10.2. The average molecular weight is 464 g/mol. The van der Waals surface area contributed by atoms with E-state index in [9.17, 15) is 13.2 Å². The molecule has 0 radical (unpaired) electrons. The highest BCUT2D eigenvalue weighted by molar-refractivity contribution is 7.98. The van der Waals surface area contributed by atoms with Crippen molar-refractivity contribution < 1.29 is 22.7 Å². The Morgan fingerprint density at radius 3 is 2.55 bits per heavy atom. The Bertz CT molecular complexity index is 1040. The van der Waals surface area contributed by atoms with Gasteiger partial charge in [0.1, 0.15) is 0 Å². The van der Waals surface area contributed by atoms with E-state index in [2.05, 4.69) is 10.3 Å². The first-order valence-electron chi connectivity index (χ1n) is 10.2. The highest BCUT2D eigenvalue weighted by Crippen LogP contribution is 2.34. The normalized spacial score (nSPS) is 17.7. The fourth-order valence-corrected chi connectivity index (χ4v) is 5.48. The molecule has 1 N–H and O–H groups in total. The number of anilines is 1. The maximum Gasteiger partial charge on any atom is 0.243 e. The Kier molecular flexibility index (Phi) is 6.68. The molecule has 2 aliphatic heterocycles. The second kappa shape index (κ2) is 9.46. The summed E-state index contributed by atoms with van der Waals surface area (Å²) in [4.78, 5) is 17.0. The van der Waals surface area contributed by atoms with E-state index in [0.29, 0.717) is 56.3 Å². The number of thioether (sulfide) groups is 1. The molecule has 2 aromatic rings. The Balaban J connectivity index is 1.38. The fourth-order valence-electron chi connectivity index (χ4n) is 3.63. The summed E-state index contributed by atoms with van der Waals surface area (Å²) in [6, 6.07) is 8.39. The number of benzene rings is 1. The van der Waals surface area contributed by atoms with Gasteiger partial charge in [-0.15, -0.1) is 11.8 Å². The van der Waals surface area contributed by atoms with Crippen molar-refractivity contribution in [3.8, 4) is 11.5 Å². The summed E-state index contributed by atoms with van der Waals surface area (Å²) in [5, 5.41) is 3.76. The third-order valence-electron chi connectivity index (χ3n) is 5.39. The van der Waals surface area contributed by atoms with Crippen LogP contribution in [0.25, 0.3) is 0 Å². The highest BCUT2D eigenvalue weighted by Gasteiger charge is 2.32. The van der Waals surface area contributed by atoms with E-state index in [-0.39, 0.29) is 16.7 Å². The first-order chi connectivity index (χ1) is 15.0. The van der Waals surface area contributed by atoms with E-state index in [4.69, 9.17) is 9.47 Å². The largest absolute Gasteiger partial charge is 0.490 e. The van der Waals surface area contributed by atoms with Crippen LogP contribution in [0.3, 0.4) is 0 Å². The minimum atomic E-state index is -3.67. The van der Waals surface area contributed by atoms with E-state index >= 15 is 0 Å². The lowest BCUT2D eigenvalue weighted by atomic mass is 9.97. The topological polar surface area (TPSA) is 97.8 Å². The number of sulfonamides is 1. The van der Waals surface area contributed by atoms with Crippen LogP contribution in [0, 0.1) is 5.92 Å². The summed E-state index contributed by atoms with van der Waals surface area (Å²) in [7, 11) is -3.67. The third-order valence-corrected chi connectivity index (χ3v) is 7.95. The lowest BCUT2D eigenvalue weighted by Crippen LogP contribution is -2.41. The van der Waals surface area contributed by atoms with Gasteiger partial charge in [0, 0.05) is 31.5 Å². The van der Waals surface area contributed by atoms with Crippen LogP contribution in [-0.4, -0.2) is 56.2 Å². The summed E-state index contributed by atoms with van der Waals surface area (Å²) >= 11 is 1.53. The Hall–Kier alpha value is -2.30. The van der Waals surface area contributed by atoms with Crippen molar-refractivity contribution in [3.05, 3.63) is 36.5 Å². The van der Waals surface area contributed by atoms with Crippen molar-refractivity contribution in [2.75, 3.05) is 37.9 Å². The molecular formula is C21H25N3O5S2. The van der Waals surface area contributed by atoms with Gasteiger partial charge in [0.05, 0.1) is 35.0 Å². The summed E-state index contributed by atoms with van der Waals surface area (Å²) < 4.78 is 38.9. The predicted octanol–water partition coefficient (Wildman–Crippen LogP) is 3.00. The summed E-state index contributed by atoms with van der Waals surface area (Å²) in [6.07, 6.45) is 5.25. The van der Waals surface area contributed by atoms with Gasteiger partial charge in [-0.05, 0) is 43.4 Å². The van der Waals surface area contributed by atoms with Crippen LogP contribution in [-0.2, 0) is 14.8 Å². The van der Waals surface area contributed by atoms with Crippen LogP contribution >= 0.6 is 11.8 Å². The molecule has 166 valence electrons. The third kappa shape index (κ3) is 4.97. The van der Waals surface area contributed by atoms with Gasteiger partial charge in [0.15, 0.2) is 11.5 Å². The summed E-state index contributed by atoms with van der Waals surface area (Å²) in [5.41, 5.74) is 0.644. The van der Waals surface area contributed by atoms with Crippen LogP contribution in [0.4, 0.5) is 5.69 Å². The Labute approximate surface area is 186 Å². The van der Waals surface area contributed by atoms with Crippen molar-refractivity contribution in [2.45, 2.75) is 29.2 Å². The van der Waals surface area contributed by atoms with Gasteiger partial charge in [-0.3, -0.25) is 4.79 Å². The van der Waals surface area contributed by atoms with Gasteiger partial charge in [0.25, 0.3) is 0 Å². The second-order valence-electron chi connectivity index (χ2n) is 7.42. The molecule has 1 fully saturated rings. The van der Waals surface area contributed by atoms with E-state index in [1.165, 1.54) is 22.1 Å². The number of ether oxygens (including phenoxy) is 2. The maximum atomic E-state index is 13.1. The van der Waals surface area contributed by atoms with Gasteiger partial charge < -0.3 is 14.8 Å². The highest BCUT2D eigenvalue weighted by atomic mass is 32.2. The minimum absolute atomic E-state index is 0.105. The van der Waals surface area contributed by atoms with Crippen LogP contribution in [0.15, 0.2) is 46.5 Å². The number of nitrogens with one attached hydrogen (secondary N) is 1. The van der Waals surface area contributed by atoms with Gasteiger partial charge in [-0.2, -0.15) is 4.31 Å². The molecule has 1 amide bonds. The maximum absolute atomic E-state index is 13.1. The lowest BCUT2D eigenvalue weighted by Gasteiger charge is -2.30. The van der Waals surface area contributed by atoms with Gasteiger partial charge in [-0.25, -0.2) is 13.4 Å². The number of rotatable bonds is 5. The fraction of sp³-hybridized carbons (Fsp3) is 0.429. The van der Waals surface area contributed by atoms with E-state index in [1.807, 2.05) is 18.4 Å². The Morgan fingerprint density at radius 2 is 1.87 bits per heavy atom. The number of aromatic nitrogens is 1. The smallest absolute Gasteiger partial charge is 0.243 e. The average Bonchev–Trinajstić information content (AvgIpc) is 3.04. The summed E-state index contributed by atoms with van der Waals surface area (Å²) in [6.45, 7) is 1.62. The molecule has 1 saturated heterocycles. The zero-order valence-electron chi connectivity index (χ0n) is 17.2. The molecule has 0 aliphatic carbocycles. The van der Waals surface area contributed by atoms with Gasteiger partial charge >= 0.3 is 0 Å². The molecule has 1 aromatic heterocycles. The molecule has 0 unspecified atom stereocenters. The zero-order valence-corrected chi connectivity index (χ0v) is 18.9. The molecule has 1 aromatic carbocycles. The van der Waals surface area contributed by atoms with Crippen molar-refractivity contribution in [1.29, 1.82) is 0 Å². The van der Waals surface area contributed by atoms with Crippen molar-refractivity contribution in [3.63, 3.8) is 0 Å². The molecule has 0 saturated carbocycles. The molecule has 10 heteroatoms. The predicted molar refractivity (Wildman–Crippen MR) is 118 cm³/mol. The van der Waals surface area contributed by atoms with Crippen molar-refractivity contribution in [2.24, 2.45) is 5.92 Å². The van der Waals surface area contributed by atoms with Gasteiger partial charge in [0.2, 0.25) is 15.9 Å². The molecule has 0 spiro atoms. The molecular weight excluding hydrogens is 438 g/mol. The number of carbonyl (C=O) groups excluding carboxylic acids is 1. The number of pyridine rings is 1. The summed E-state index contributed by atoms with van der Waals surface area (Å²) in [5.74, 6) is 0.669. The lowest BCUT2D eigenvalue weighted by molar-refractivity contribution is -0.120. The monoisotopic (exact) mass is 463 g/mol. The van der Waals surface area contributed by atoms with E-state index in [0.717, 1.165) is 11.4 Å². The number of nitrogens with zero attached hydrogens (tertiary/aromatic N) is 2. The standard InChI is InChI=1S/C21H25N3O5S2/c1-30-20-6-3-16(14-22-20)23-21(25)15-7-9-24(10-8-15)31(26,27)17-4-5-18-19(13-17)29-12-2-11-28-18/h3-6,13-15H,2,7-12H2,1H3,(H,23,25). The first kappa shape index (κ1) is 21.9. The number of hydrogen-bond donors (Lipinski definition) is 1. The molecule has 3 heterocycles. The number of hydrogen-bond acceptors (Lipinski definition) is 7. The van der Waals surface area contributed by atoms with E-state index in [1.54, 1.807) is 18.3 Å². The number of fused-ring (bicyclic) bond motifs is 1. The molecule has 2 aliphatic rings. The molecule has 8 nitrogen and oxygen atoms in total. The number of amides is 1. The SMILES string of the molecule is CSc1ccc(NC(=O)C2CCN(S(=O)(=O)c3ccc4c(c3)OCCCO4)CC2)cn1. The van der Waals surface area contributed by atoms with Gasteiger partial charge in [-0.1, -0.05) is 0 Å². The number of carbonyl (C=O) groups is 1. The Morgan fingerprint density at radius 1 is 1.13 bits per heavy atom. The number of piperidine rings is 1. The molecule has 0 atom stereocenters.